The Morgan fingerprint density at radius 2 is 1.47 bits per heavy atom. The Morgan fingerprint density at radius 3 is 1.94 bits per heavy atom. The highest BCUT2D eigenvalue weighted by Gasteiger charge is 2.24. The van der Waals surface area contributed by atoms with E-state index in [1.165, 1.54) is 7.05 Å². The molecule has 3 amide bonds. The smallest absolute Gasteiger partial charge is 0.408 e. The molecular weight excluding hydrogens is 410 g/mol. The number of nitrogens with one attached hydrogen (secondary N) is 2. The van der Waals surface area contributed by atoms with Crippen LogP contribution in [0.4, 0.5) is 4.79 Å². The van der Waals surface area contributed by atoms with Crippen molar-refractivity contribution in [2.24, 2.45) is 5.73 Å². The van der Waals surface area contributed by atoms with Crippen molar-refractivity contribution in [3.05, 3.63) is 59.7 Å². The van der Waals surface area contributed by atoms with Crippen molar-refractivity contribution in [2.45, 2.75) is 51.7 Å². The van der Waals surface area contributed by atoms with Gasteiger partial charge in [-0.1, -0.05) is 24.3 Å². The van der Waals surface area contributed by atoms with Crippen LogP contribution in [0.1, 0.15) is 38.3 Å². The number of hydrogen-bond acceptors (Lipinski definition) is 5. The minimum absolute atomic E-state index is 0.299. The first-order valence-corrected chi connectivity index (χ1v) is 10.4. The summed E-state index contributed by atoms with van der Waals surface area (Å²) in [5, 5.41) is 5.17. The molecule has 8 nitrogen and oxygen atoms in total. The molecular formula is C24H31N3O5. The molecule has 172 valence electrons. The summed E-state index contributed by atoms with van der Waals surface area (Å²) < 4.78 is 11.1. The average Bonchev–Trinajstić information content (AvgIpc) is 2.72. The maximum atomic E-state index is 12.2. The van der Waals surface area contributed by atoms with Crippen molar-refractivity contribution >= 4 is 17.9 Å². The lowest BCUT2D eigenvalue weighted by Crippen LogP contribution is -2.48. The van der Waals surface area contributed by atoms with Gasteiger partial charge in [0.05, 0.1) is 0 Å². The van der Waals surface area contributed by atoms with Crippen molar-refractivity contribution in [3.63, 3.8) is 0 Å². The molecule has 0 aliphatic heterocycles. The molecule has 0 unspecified atom stereocenters. The van der Waals surface area contributed by atoms with Crippen LogP contribution >= 0.6 is 0 Å². The van der Waals surface area contributed by atoms with Gasteiger partial charge >= 0.3 is 6.09 Å². The molecule has 0 aliphatic carbocycles. The third-order valence-electron chi connectivity index (χ3n) is 4.44. The predicted octanol–water partition coefficient (Wildman–Crippen LogP) is 3.08. The molecule has 0 saturated heterocycles. The van der Waals surface area contributed by atoms with E-state index < -0.39 is 17.7 Å². The molecule has 2 aromatic carbocycles. The molecule has 32 heavy (non-hydrogen) atoms. The first-order chi connectivity index (χ1) is 15.1. The molecule has 4 N–H and O–H groups in total. The van der Waals surface area contributed by atoms with Crippen LogP contribution in [0.5, 0.6) is 11.5 Å². The standard InChI is InChI=1S/C24H31N3O5/c1-24(2,3)32-23(30)27-20(22(29)26-4)15-17-7-12-19(13-8-17)31-18-10-5-16(6-11-18)9-14-21(25)28/h5-8,10-13,20H,9,14-15H2,1-4H3,(H2,25,28)(H,26,29)(H,27,30)/t20-/m0/s1. The van der Waals surface area contributed by atoms with E-state index in [4.69, 9.17) is 15.2 Å². The minimum atomic E-state index is -0.769. The van der Waals surface area contributed by atoms with E-state index in [9.17, 15) is 14.4 Å². The van der Waals surface area contributed by atoms with Crippen LogP contribution in [0.25, 0.3) is 0 Å². The first-order valence-electron chi connectivity index (χ1n) is 10.4. The Balaban J connectivity index is 1.98. The molecule has 0 fully saturated rings. The summed E-state index contributed by atoms with van der Waals surface area (Å²) in [7, 11) is 1.52. The second-order valence-corrected chi connectivity index (χ2v) is 8.37. The van der Waals surface area contributed by atoms with Gasteiger partial charge in [0.1, 0.15) is 23.1 Å². The zero-order valence-corrected chi connectivity index (χ0v) is 18.9. The molecule has 0 radical (unpaired) electrons. The Hall–Kier alpha value is -3.55. The third-order valence-corrected chi connectivity index (χ3v) is 4.44. The molecule has 0 bridgehead atoms. The van der Waals surface area contributed by atoms with E-state index in [1.54, 1.807) is 32.9 Å². The van der Waals surface area contributed by atoms with Gasteiger partial charge in [0.25, 0.3) is 0 Å². The third kappa shape index (κ3) is 8.67. The molecule has 0 heterocycles. The number of aryl methyl sites for hydroxylation is 1. The SMILES string of the molecule is CNC(=O)[C@H](Cc1ccc(Oc2ccc(CCC(N)=O)cc2)cc1)NC(=O)OC(C)(C)C. The monoisotopic (exact) mass is 441 g/mol. The number of primary amides is 1. The fourth-order valence-corrected chi connectivity index (χ4v) is 2.89. The minimum Gasteiger partial charge on any atom is -0.457 e. The molecule has 0 aliphatic rings. The number of rotatable bonds is 9. The molecule has 0 saturated carbocycles. The van der Waals surface area contributed by atoms with Crippen LogP contribution in [-0.4, -0.2) is 36.6 Å². The van der Waals surface area contributed by atoms with Gasteiger partial charge in [-0.15, -0.1) is 0 Å². The van der Waals surface area contributed by atoms with Gasteiger partial charge < -0.3 is 25.8 Å². The number of carbonyl (C=O) groups excluding carboxylic acids is 3. The fourth-order valence-electron chi connectivity index (χ4n) is 2.89. The number of amides is 3. The highest BCUT2D eigenvalue weighted by molar-refractivity contribution is 5.85. The van der Waals surface area contributed by atoms with Crippen LogP contribution in [0.3, 0.4) is 0 Å². The first kappa shape index (κ1) is 24.7. The van der Waals surface area contributed by atoms with E-state index in [0.29, 0.717) is 30.8 Å². The summed E-state index contributed by atoms with van der Waals surface area (Å²) in [6.45, 7) is 5.28. The largest absolute Gasteiger partial charge is 0.457 e. The van der Waals surface area contributed by atoms with E-state index in [0.717, 1.165) is 11.1 Å². The Kier molecular flexibility index (Phi) is 8.63. The van der Waals surface area contributed by atoms with Crippen LogP contribution in [0, 0.1) is 0 Å². The van der Waals surface area contributed by atoms with Crippen LogP contribution < -0.4 is 21.1 Å². The summed E-state index contributed by atoms with van der Waals surface area (Å²) >= 11 is 0. The van der Waals surface area contributed by atoms with Gasteiger partial charge in [0.2, 0.25) is 11.8 Å². The summed E-state index contributed by atoms with van der Waals surface area (Å²) in [5.41, 5.74) is 6.37. The van der Waals surface area contributed by atoms with Gasteiger partial charge in [-0.3, -0.25) is 9.59 Å². The maximum absolute atomic E-state index is 12.2. The molecule has 2 rings (SSSR count). The molecule has 1 atom stereocenters. The van der Waals surface area contributed by atoms with Gasteiger partial charge in [-0.2, -0.15) is 0 Å². The number of alkyl carbamates (subject to hydrolysis) is 1. The van der Waals surface area contributed by atoms with Crippen LogP contribution in [0.2, 0.25) is 0 Å². The number of ether oxygens (including phenoxy) is 2. The lowest BCUT2D eigenvalue weighted by molar-refractivity contribution is -0.122. The zero-order valence-electron chi connectivity index (χ0n) is 18.9. The van der Waals surface area contributed by atoms with Crippen molar-refractivity contribution < 1.29 is 23.9 Å². The number of hydrogen-bond donors (Lipinski definition) is 3. The second-order valence-electron chi connectivity index (χ2n) is 8.37. The van der Waals surface area contributed by atoms with E-state index in [1.807, 2.05) is 36.4 Å². The molecule has 2 aromatic rings. The number of nitrogens with two attached hydrogens (primary N) is 1. The van der Waals surface area contributed by atoms with E-state index in [-0.39, 0.29) is 11.8 Å². The predicted molar refractivity (Wildman–Crippen MR) is 121 cm³/mol. The van der Waals surface area contributed by atoms with E-state index >= 15 is 0 Å². The normalized spacial score (nSPS) is 11.9. The van der Waals surface area contributed by atoms with Crippen molar-refractivity contribution in [2.75, 3.05) is 7.05 Å². The molecule has 0 spiro atoms. The Morgan fingerprint density at radius 1 is 0.938 bits per heavy atom. The van der Waals surface area contributed by atoms with Crippen LogP contribution in [0.15, 0.2) is 48.5 Å². The van der Waals surface area contributed by atoms with Crippen molar-refractivity contribution in [3.8, 4) is 11.5 Å². The van der Waals surface area contributed by atoms with Crippen LogP contribution in [-0.2, 0) is 27.2 Å². The summed E-state index contributed by atoms with van der Waals surface area (Å²) in [6, 6.07) is 13.9. The second kappa shape index (κ2) is 11.2. The average molecular weight is 442 g/mol. The van der Waals surface area contributed by atoms with Gasteiger partial charge in [-0.05, 0) is 62.6 Å². The Labute approximate surface area is 188 Å². The maximum Gasteiger partial charge on any atom is 0.408 e. The number of carbonyl (C=O) groups is 3. The summed E-state index contributed by atoms with van der Waals surface area (Å²) in [5.74, 6) is 0.656. The zero-order chi connectivity index (χ0) is 23.7. The van der Waals surface area contributed by atoms with Crippen molar-refractivity contribution in [1.29, 1.82) is 0 Å². The van der Waals surface area contributed by atoms with Gasteiger partial charge in [0, 0.05) is 19.9 Å². The highest BCUT2D eigenvalue weighted by atomic mass is 16.6. The fraction of sp³-hybridized carbons (Fsp3) is 0.375. The van der Waals surface area contributed by atoms with Gasteiger partial charge in [0.15, 0.2) is 0 Å². The van der Waals surface area contributed by atoms with Crippen molar-refractivity contribution in [1.82, 2.24) is 10.6 Å². The van der Waals surface area contributed by atoms with E-state index in [2.05, 4.69) is 10.6 Å². The topological polar surface area (TPSA) is 120 Å². The lowest BCUT2D eigenvalue weighted by atomic mass is 10.1. The van der Waals surface area contributed by atoms with Gasteiger partial charge in [-0.25, -0.2) is 4.79 Å². The number of benzene rings is 2. The number of likely N-dealkylation sites (N-methyl/N-ethyl adjacent to an activating group) is 1. The molecule has 8 heteroatoms. The quantitative estimate of drug-likeness (QED) is 0.552. The molecule has 0 aromatic heterocycles. The lowest BCUT2D eigenvalue weighted by Gasteiger charge is -2.23. The Bertz CT molecular complexity index is 918. The highest BCUT2D eigenvalue weighted by Crippen LogP contribution is 2.23. The summed E-state index contributed by atoms with van der Waals surface area (Å²) in [4.78, 5) is 35.2. The summed E-state index contributed by atoms with van der Waals surface area (Å²) in [6.07, 6.45) is 0.550.